The van der Waals surface area contributed by atoms with Crippen LogP contribution in [0.15, 0.2) is 48.5 Å². The molecule has 3 amide bonds. The van der Waals surface area contributed by atoms with Gasteiger partial charge in [0.1, 0.15) is 6.61 Å². The lowest BCUT2D eigenvalue weighted by Gasteiger charge is -2.25. The Hall–Kier alpha value is -3.88. The second-order valence-electron chi connectivity index (χ2n) is 9.27. The highest BCUT2D eigenvalue weighted by atomic mass is 16.5. The van der Waals surface area contributed by atoms with Crippen molar-refractivity contribution >= 4 is 23.9 Å². The van der Waals surface area contributed by atoms with Crippen LogP contribution in [-0.4, -0.2) is 53.2 Å². The number of rotatable bonds is 8. The number of amides is 3. The maximum atomic E-state index is 12.7. The van der Waals surface area contributed by atoms with Crippen LogP contribution in [0.3, 0.4) is 0 Å². The smallest absolute Gasteiger partial charge is 0.407 e. The Labute approximate surface area is 203 Å². The lowest BCUT2D eigenvalue weighted by molar-refractivity contribution is -0.151. The van der Waals surface area contributed by atoms with E-state index in [0.29, 0.717) is 0 Å². The van der Waals surface area contributed by atoms with E-state index in [1.54, 1.807) is 0 Å². The van der Waals surface area contributed by atoms with Gasteiger partial charge in [-0.3, -0.25) is 15.0 Å². The molecule has 0 aromatic heterocycles. The third kappa shape index (κ3) is 5.13. The predicted molar refractivity (Wildman–Crippen MR) is 127 cm³/mol. The minimum atomic E-state index is -1.24. The molecule has 4 rings (SSSR count). The van der Waals surface area contributed by atoms with Crippen molar-refractivity contribution in [2.24, 2.45) is 11.8 Å². The van der Waals surface area contributed by atoms with E-state index < -0.39 is 29.9 Å². The molecule has 9 heteroatoms. The van der Waals surface area contributed by atoms with E-state index >= 15 is 0 Å². The van der Waals surface area contributed by atoms with Crippen molar-refractivity contribution in [3.63, 3.8) is 0 Å². The molecular formula is C26H29N3O6. The van der Waals surface area contributed by atoms with Crippen molar-refractivity contribution in [2.45, 2.75) is 38.6 Å². The van der Waals surface area contributed by atoms with E-state index in [4.69, 9.17) is 4.74 Å². The average molecular weight is 480 g/mol. The molecule has 0 radical (unpaired) electrons. The Balaban J connectivity index is 1.33. The van der Waals surface area contributed by atoms with Gasteiger partial charge in [-0.1, -0.05) is 62.4 Å². The summed E-state index contributed by atoms with van der Waals surface area (Å²) in [5, 5.41) is 12.9. The van der Waals surface area contributed by atoms with Crippen LogP contribution in [0, 0.1) is 11.8 Å². The minimum Gasteiger partial charge on any atom is -0.480 e. The molecule has 1 fully saturated rings. The number of fused-ring (bicyclic) bond motifs is 3. The summed E-state index contributed by atoms with van der Waals surface area (Å²) in [5.41, 5.74) is 6.84. The van der Waals surface area contributed by atoms with Crippen LogP contribution >= 0.6 is 0 Å². The number of carbonyl (C=O) groups is 4. The number of carboxylic acid groups (broad SMARTS) is 1. The summed E-state index contributed by atoms with van der Waals surface area (Å²) in [4.78, 5) is 48.2. The van der Waals surface area contributed by atoms with Gasteiger partial charge in [-0.2, -0.15) is 0 Å². The first-order valence-electron chi connectivity index (χ1n) is 11.7. The molecule has 1 saturated heterocycles. The van der Waals surface area contributed by atoms with Crippen LogP contribution < -0.4 is 10.7 Å². The maximum Gasteiger partial charge on any atom is 0.407 e. The first-order valence-corrected chi connectivity index (χ1v) is 11.7. The molecule has 9 nitrogen and oxygen atoms in total. The summed E-state index contributed by atoms with van der Waals surface area (Å²) < 4.78 is 5.56. The Kier molecular flexibility index (Phi) is 7.04. The number of benzene rings is 2. The summed E-state index contributed by atoms with van der Waals surface area (Å²) in [5.74, 6) is -2.55. The van der Waals surface area contributed by atoms with Crippen LogP contribution in [-0.2, 0) is 19.1 Å². The van der Waals surface area contributed by atoms with Crippen LogP contribution in [0.4, 0.5) is 4.79 Å². The maximum absolute atomic E-state index is 12.7. The van der Waals surface area contributed by atoms with Gasteiger partial charge in [0.2, 0.25) is 11.8 Å². The van der Waals surface area contributed by atoms with Gasteiger partial charge in [-0.25, -0.2) is 14.6 Å². The summed E-state index contributed by atoms with van der Waals surface area (Å²) in [6.07, 6.45) is -0.876. The quantitative estimate of drug-likeness (QED) is 0.535. The number of nitrogens with zero attached hydrogens (tertiary/aromatic N) is 1. The Bertz CT molecular complexity index is 1100. The fourth-order valence-corrected chi connectivity index (χ4v) is 4.69. The van der Waals surface area contributed by atoms with Gasteiger partial charge in [-0.05, 0) is 34.1 Å². The summed E-state index contributed by atoms with van der Waals surface area (Å²) in [7, 11) is 0. The first-order chi connectivity index (χ1) is 16.8. The van der Waals surface area contributed by atoms with Crippen molar-refractivity contribution < 1.29 is 29.0 Å². The van der Waals surface area contributed by atoms with Crippen LogP contribution in [0.1, 0.15) is 43.7 Å². The fourth-order valence-electron chi connectivity index (χ4n) is 4.69. The van der Waals surface area contributed by atoms with Crippen molar-refractivity contribution in [2.75, 3.05) is 13.2 Å². The number of hydrogen-bond donors (Lipinski definition) is 3. The van der Waals surface area contributed by atoms with Crippen molar-refractivity contribution in [1.29, 1.82) is 0 Å². The Morgan fingerprint density at radius 3 is 2.26 bits per heavy atom. The second-order valence-corrected chi connectivity index (χ2v) is 9.27. The first kappa shape index (κ1) is 24.3. The standard InChI is InChI=1S/C26H29N3O6/c1-15(2)16(11-24(31)29-22(25(32)33)12-23(30)28-29)13-27-26(34)35-14-21-19-9-5-3-7-17(19)18-8-4-6-10-20(18)21/h3-10,15-16,21-22H,11-14H2,1-2H3,(H,27,34)(H,28,30)(H,32,33). The zero-order valence-corrected chi connectivity index (χ0v) is 19.7. The number of ether oxygens (including phenoxy) is 1. The lowest BCUT2D eigenvalue weighted by atomic mass is 9.92. The van der Waals surface area contributed by atoms with Gasteiger partial charge in [0.15, 0.2) is 6.04 Å². The second kappa shape index (κ2) is 10.2. The molecule has 2 aromatic carbocycles. The number of hydrazine groups is 1. The number of nitrogens with one attached hydrogen (secondary N) is 2. The number of alkyl carbamates (subject to hydrolysis) is 1. The van der Waals surface area contributed by atoms with Gasteiger partial charge in [0.25, 0.3) is 0 Å². The molecule has 0 bridgehead atoms. The van der Waals surface area contributed by atoms with Gasteiger partial charge in [-0.15, -0.1) is 0 Å². The monoisotopic (exact) mass is 479 g/mol. The van der Waals surface area contributed by atoms with E-state index in [9.17, 15) is 24.3 Å². The summed E-state index contributed by atoms with van der Waals surface area (Å²) >= 11 is 0. The number of carboxylic acids is 1. The van der Waals surface area contributed by atoms with E-state index in [2.05, 4.69) is 22.9 Å². The van der Waals surface area contributed by atoms with Gasteiger partial charge in [0.05, 0.1) is 6.42 Å². The zero-order chi connectivity index (χ0) is 25.1. The zero-order valence-electron chi connectivity index (χ0n) is 19.7. The highest BCUT2D eigenvalue weighted by Gasteiger charge is 2.39. The molecular weight excluding hydrogens is 450 g/mol. The van der Waals surface area contributed by atoms with E-state index in [-0.39, 0.29) is 43.7 Å². The van der Waals surface area contributed by atoms with E-state index in [1.165, 1.54) is 0 Å². The van der Waals surface area contributed by atoms with E-state index in [0.717, 1.165) is 27.3 Å². The molecule has 2 aliphatic rings. The SMILES string of the molecule is CC(C)C(CNC(=O)OCC1c2ccccc2-c2ccccc21)CC(=O)N1NC(=O)CC1C(=O)O. The third-order valence-corrected chi connectivity index (χ3v) is 6.72. The lowest BCUT2D eigenvalue weighted by Crippen LogP contribution is -2.47. The number of hydrogen-bond acceptors (Lipinski definition) is 5. The minimum absolute atomic E-state index is 0.0224. The Morgan fingerprint density at radius 2 is 1.69 bits per heavy atom. The Morgan fingerprint density at radius 1 is 1.09 bits per heavy atom. The molecule has 0 saturated carbocycles. The number of carbonyl (C=O) groups excluding carboxylic acids is 3. The molecule has 1 aliphatic carbocycles. The number of aliphatic carboxylic acids is 1. The van der Waals surface area contributed by atoms with Crippen LogP contribution in [0.2, 0.25) is 0 Å². The fraction of sp³-hybridized carbons (Fsp3) is 0.385. The van der Waals surface area contributed by atoms with E-state index in [1.807, 2.05) is 50.2 Å². The third-order valence-electron chi connectivity index (χ3n) is 6.72. The molecule has 2 unspecified atom stereocenters. The predicted octanol–water partition coefficient (Wildman–Crippen LogP) is 2.90. The van der Waals surface area contributed by atoms with Crippen molar-refractivity contribution in [1.82, 2.24) is 15.8 Å². The van der Waals surface area contributed by atoms with Crippen molar-refractivity contribution in [3.8, 4) is 11.1 Å². The average Bonchev–Trinajstić information content (AvgIpc) is 3.38. The molecule has 0 spiro atoms. The highest BCUT2D eigenvalue weighted by Crippen LogP contribution is 2.44. The van der Waals surface area contributed by atoms with Crippen LogP contribution in [0.25, 0.3) is 11.1 Å². The molecule has 3 N–H and O–H groups in total. The highest BCUT2D eigenvalue weighted by molar-refractivity contribution is 5.93. The van der Waals surface area contributed by atoms with Gasteiger partial charge >= 0.3 is 12.1 Å². The molecule has 1 heterocycles. The molecule has 2 aromatic rings. The molecule has 184 valence electrons. The molecule has 35 heavy (non-hydrogen) atoms. The largest absolute Gasteiger partial charge is 0.480 e. The topological polar surface area (TPSA) is 125 Å². The summed E-state index contributed by atoms with van der Waals surface area (Å²) in [6, 6.07) is 14.9. The van der Waals surface area contributed by atoms with Crippen LogP contribution in [0.5, 0.6) is 0 Å². The molecule has 2 atom stereocenters. The molecule has 1 aliphatic heterocycles. The van der Waals surface area contributed by atoms with Gasteiger partial charge in [0, 0.05) is 18.9 Å². The van der Waals surface area contributed by atoms with Crippen molar-refractivity contribution in [3.05, 3.63) is 59.7 Å². The summed E-state index contributed by atoms with van der Waals surface area (Å²) in [6.45, 7) is 4.19. The normalized spacial score (nSPS) is 17.5. The van der Waals surface area contributed by atoms with Gasteiger partial charge < -0.3 is 15.2 Å².